The zero-order chi connectivity index (χ0) is 18.6. The normalized spacial score (nSPS) is 18.6. The molecule has 1 aromatic heterocycles. The third-order valence-electron chi connectivity index (χ3n) is 4.37. The number of carbonyl (C=O) groups excluding carboxylic acids is 1. The molecule has 1 atom stereocenters. The number of thiophene rings is 1. The predicted molar refractivity (Wildman–Crippen MR) is 103 cm³/mol. The van der Waals surface area contributed by atoms with E-state index in [4.69, 9.17) is 4.74 Å². The van der Waals surface area contributed by atoms with Crippen molar-refractivity contribution in [2.24, 2.45) is 0 Å². The van der Waals surface area contributed by atoms with Crippen LogP contribution < -0.4 is 4.74 Å². The molecule has 1 fully saturated rings. The lowest BCUT2D eigenvalue weighted by atomic mass is 10.1. The molecule has 2 aromatic rings. The summed E-state index contributed by atoms with van der Waals surface area (Å²) in [6.07, 6.45) is 1.38. The van der Waals surface area contributed by atoms with Crippen LogP contribution >= 0.6 is 11.3 Å². The second-order valence-electron chi connectivity index (χ2n) is 6.45. The summed E-state index contributed by atoms with van der Waals surface area (Å²) in [6.45, 7) is 3.05. The molecule has 2 heterocycles. The standard InChI is InChI=1S/C19H23NO4S2/c1-2-9-24-17-6-3-5-15(12-17)19(21)20(13-18-7-4-10-25-18)16-8-11-26(22,23)14-16/h3-7,10,12,16H,2,8-9,11,13-14H2,1H3/t16-/m0/s1. The first kappa shape index (κ1) is 18.9. The molecular formula is C19H23NO4S2. The van der Waals surface area contributed by atoms with E-state index in [1.165, 1.54) is 0 Å². The number of ether oxygens (including phenoxy) is 1. The second-order valence-corrected chi connectivity index (χ2v) is 9.71. The Morgan fingerprint density at radius 1 is 1.31 bits per heavy atom. The SMILES string of the molecule is CCCOc1cccc(C(=O)N(Cc2cccs2)[C@H]2CCS(=O)(=O)C2)c1. The van der Waals surface area contributed by atoms with Gasteiger partial charge >= 0.3 is 0 Å². The van der Waals surface area contributed by atoms with Gasteiger partial charge in [0, 0.05) is 16.5 Å². The van der Waals surface area contributed by atoms with E-state index in [0.717, 1.165) is 11.3 Å². The highest BCUT2D eigenvalue weighted by atomic mass is 32.2. The lowest BCUT2D eigenvalue weighted by Crippen LogP contribution is -2.40. The zero-order valence-corrected chi connectivity index (χ0v) is 16.4. The van der Waals surface area contributed by atoms with Gasteiger partial charge in [-0.25, -0.2) is 8.42 Å². The van der Waals surface area contributed by atoms with E-state index in [1.807, 2.05) is 30.5 Å². The molecule has 1 saturated heterocycles. The van der Waals surface area contributed by atoms with Crippen molar-refractivity contribution in [1.82, 2.24) is 4.90 Å². The van der Waals surface area contributed by atoms with E-state index in [1.54, 1.807) is 34.4 Å². The van der Waals surface area contributed by atoms with E-state index in [-0.39, 0.29) is 23.5 Å². The molecule has 0 spiro atoms. The van der Waals surface area contributed by atoms with Gasteiger partial charge in [-0.1, -0.05) is 19.1 Å². The summed E-state index contributed by atoms with van der Waals surface area (Å²) in [4.78, 5) is 15.9. The molecule has 5 nitrogen and oxygen atoms in total. The summed E-state index contributed by atoms with van der Waals surface area (Å²) < 4.78 is 29.5. The fourth-order valence-electron chi connectivity index (χ4n) is 3.06. The number of benzene rings is 1. The van der Waals surface area contributed by atoms with Crippen LogP contribution in [0.4, 0.5) is 0 Å². The summed E-state index contributed by atoms with van der Waals surface area (Å²) >= 11 is 1.57. The van der Waals surface area contributed by atoms with Crippen molar-refractivity contribution in [3.63, 3.8) is 0 Å². The van der Waals surface area contributed by atoms with Gasteiger partial charge in [-0.15, -0.1) is 11.3 Å². The van der Waals surface area contributed by atoms with Crippen LogP contribution in [0, 0.1) is 0 Å². The second kappa shape index (κ2) is 8.22. The monoisotopic (exact) mass is 393 g/mol. The lowest BCUT2D eigenvalue weighted by Gasteiger charge is -2.28. The maximum atomic E-state index is 13.2. The maximum absolute atomic E-state index is 13.2. The summed E-state index contributed by atoms with van der Waals surface area (Å²) in [7, 11) is -3.07. The van der Waals surface area contributed by atoms with Gasteiger partial charge in [0.25, 0.3) is 5.91 Å². The zero-order valence-electron chi connectivity index (χ0n) is 14.8. The number of amides is 1. The molecule has 0 aliphatic carbocycles. The Bertz CT molecular complexity index is 846. The van der Waals surface area contributed by atoms with Gasteiger partial charge in [0.15, 0.2) is 9.84 Å². The van der Waals surface area contributed by atoms with Crippen LogP contribution in [0.1, 0.15) is 35.0 Å². The number of carbonyl (C=O) groups is 1. The molecule has 0 N–H and O–H groups in total. The van der Waals surface area contributed by atoms with E-state index >= 15 is 0 Å². The molecule has 1 amide bonds. The molecule has 0 radical (unpaired) electrons. The first-order valence-corrected chi connectivity index (χ1v) is 11.5. The summed E-state index contributed by atoms with van der Waals surface area (Å²) in [6, 6.07) is 10.7. The van der Waals surface area contributed by atoms with Crippen LogP contribution in [-0.4, -0.2) is 43.4 Å². The Morgan fingerprint density at radius 3 is 2.81 bits per heavy atom. The molecule has 1 aliphatic rings. The Balaban J connectivity index is 1.84. The van der Waals surface area contributed by atoms with Crippen LogP contribution in [0.5, 0.6) is 5.75 Å². The minimum atomic E-state index is -3.07. The van der Waals surface area contributed by atoms with Gasteiger partial charge in [0.2, 0.25) is 0 Å². The molecule has 0 unspecified atom stereocenters. The smallest absolute Gasteiger partial charge is 0.254 e. The van der Waals surface area contributed by atoms with Crippen LogP contribution in [0.2, 0.25) is 0 Å². The van der Waals surface area contributed by atoms with Crippen molar-refractivity contribution in [3.05, 3.63) is 52.2 Å². The lowest BCUT2D eigenvalue weighted by molar-refractivity contribution is 0.0682. The van der Waals surface area contributed by atoms with Gasteiger partial charge in [0.1, 0.15) is 5.75 Å². The Labute approximate surface area is 158 Å². The van der Waals surface area contributed by atoms with E-state index in [2.05, 4.69) is 0 Å². The number of rotatable bonds is 7. The van der Waals surface area contributed by atoms with Gasteiger partial charge < -0.3 is 9.64 Å². The molecule has 1 aliphatic heterocycles. The van der Waals surface area contributed by atoms with Crippen molar-refractivity contribution >= 4 is 27.1 Å². The first-order valence-electron chi connectivity index (χ1n) is 8.75. The Hall–Kier alpha value is -1.86. The maximum Gasteiger partial charge on any atom is 0.254 e. The molecule has 7 heteroatoms. The molecule has 140 valence electrons. The molecule has 1 aromatic carbocycles. The van der Waals surface area contributed by atoms with Gasteiger partial charge in [-0.3, -0.25) is 4.79 Å². The van der Waals surface area contributed by atoms with Crippen LogP contribution in [-0.2, 0) is 16.4 Å². The van der Waals surface area contributed by atoms with Gasteiger partial charge in [-0.05, 0) is 42.5 Å². The molecule has 26 heavy (non-hydrogen) atoms. The van der Waals surface area contributed by atoms with E-state index < -0.39 is 9.84 Å². The first-order chi connectivity index (χ1) is 12.5. The third-order valence-corrected chi connectivity index (χ3v) is 6.98. The average molecular weight is 394 g/mol. The number of sulfone groups is 1. The number of nitrogens with zero attached hydrogens (tertiary/aromatic N) is 1. The van der Waals surface area contributed by atoms with Crippen molar-refractivity contribution in [3.8, 4) is 5.75 Å². The van der Waals surface area contributed by atoms with Crippen molar-refractivity contribution in [1.29, 1.82) is 0 Å². The average Bonchev–Trinajstić information content (AvgIpc) is 3.26. The Morgan fingerprint density at radius 2 is 2.15 bits per heavy atom. The number of hydrogen-bond acceptors (Lipinski definition) is 5. The summed E-state index contributed by atoms with van der Waals surface area (Å²) in [5, 5.41) is 1.96. The molecule has 0 saturated carbocycles. The fourth-order valence-corrected chi connectivity index (χ4v) is 5.50. The highest BCUT2D eigenvalue weighted by molar-refractivity contribution is 7.91. The largest absolute Gasteiger partial charge is 0.494 e. The van der Waals surface area contributed by atoms with Crippen LogP contribution in [0.15, 0.2) is 41.8 Å². The van der Waals surface area contributed by atoms with Crippen LogP contribution in [0.3, 0.4) is 0 Å². The summed E-state index contributed by atoms with van der Waals surface area (Å²) in [5.74, 6) is 0.692. The number of hydrogen-bond donors (Lipinski definition) is 0. The highest BCUT2D eigenvalue weighted by Crippen LogP contribution is 2.25. The molecular weight excluding hydrogens is 370 g/mol. The van der Waals surface area contributed by atoms with Gasteiger partial charge in [0.05, 0.1) is 24.7 Å². The quantitative estimate of drug-likeness (QED) is 0.724. The third kappa shape index (κ3) is 4.65. The van der Waals surface area contributed by atoms with E-state index in [0.29, 0.717) is 30.9 Å². The van der Waals surface area contributed by atoms with Crippen molar-refractivity contribution < 1.29 is 17.9 Å². The van der Waals surface area contributed by atoms with E-state index in [9.17, 15) is 13.2 Å². The fraction of sp³-hybridized carbons (Fsp3) is 0.421. The molecule has 0 bridgehead atoms. The van der Waals surface area contributed by atoms with Gasteiger partial charge in [-0.2, -0.15) is 0 Å². The van der Waals surface area contributed by atoms with Crippen molar-refractivity contribution in [2.75, 3.05) is 18.1 Å². The minimum Gasteiger partial charge on any atom is -0.494 e. The molecule has 3 rings (SSSR count). The van der Waals surface area contributed by atoms with Crippen LogP contribution in [0.25, 0.3) is 0 Å². The predicted octanol–water partition coefficient (Wildman–Crippen LogP) is 3.37. The van der Waals surface area contributed by atoms with Crippen molar-refractivity contribution in [2.45, 2.75) is 32.4 Å². The Kier molecular flexibility index (Phi) is 5.98. The summed E-state index contributed by atoms with van der Waals surface area (Å²) in [5.41, 5.74) is 0.527. The highest BCUT2D eigenvalue weighted by Gasteiger charge is 2.35. The minimum absolute atomic E-state index is 0.0378. The topological polar surface area (TPSA) is 63.7 Å².